The van der Waals surface area contributed by atoms with Crippen LogP contribution in [-0.2, 0) is 5.41 Å². The highest BCUT2D eigenvalue weighted by Gasteiger charge is 2.39. The lowest BCUT2D eigenvalue weighted by Crippen LogP contribution is -2.15. The molecule has 0 radical (unpaired) electrons. The molecule has 250 valence electrons. The van der Waals surface area contributed by atoms with Gasteiger partial charge in [0.15, 0.2) is 17.5 Å². The first-order valence-electron chi connectivity index (χ1n) is 18.0. The van der Waals surface area contributed by atoms with Crippen LogP contribution in [0.25, 0.3) is 94.7 Å². The topological polar surface area (TPSA) is 56.7 Å². The highest BCUT2D eigenvalue weighted by Crippen LogP contribution is 2.54. The minimum atomic E-state index is -0.221. The molecule has 0 aliphatic heterocycles. The van der Waals surface area contributed by atoms with Crippen LogP contribution < -0.4 is 0 Å². The predicted molar refractivity (Wildman–Crippen MR) is 215 cm³/mol. The number of hydrogen-bond donors (Lipinski definition) is 0. The standard InChI is InChI=1S/C48H32N4O/c1-48(2)38-27-37-33-17-10-12-20-41(33)53-42(37)28-36(38)34-25-26-40-43(44(34)48)35-18-9-11-19-39(35)52(40)32-23-21-31(22-24-32)47-50-45(29-13-5-3-6-14-29)49-46(51-47)30-15-7-4-8-16-30/h3-28H,1-2H3. The van der Waals surface area contributed by atoms with Gasteiger partial charge < -0.3 is 8.98 Å². The molecule has 3 aromatic heterocycles. The number of furan rings is 1. The van der Waals surface area contributed by atoms with Gasteiger partial charge in [-0.3, -0.25) is 0 Å². The monoisotopic (exact) mass is 680 g/mol. The van der Waals surface area contributed by atoms with Gasteiger partial charge in [-0.15, -0.1) is 0 Å². The molecule has 5 nitrogen and oxygen atoms in total. The lowest BCUT2D eigenvalue weighted by molar-refractivity contribution is 0.662. The van der Waals surface area contributed by atoms with E-state index in [2.05, 4.69) is 109 Å². The minimum absolute atomic E-state index is 0.221. The van der Waals surface area contributed by atoms with Crippen LogP contribution in [0.15, 0.2) is 162 Å². The Morgan fingerprint density at radius 2 is 1.06 bits per heavy atom. The molecule has 1 aliphatic carbocycles. The molecule has 0 unspecified atom stereocenters. The van der Waals surface area contributed by atoms with Crippen molar-refractivity contribution in [3.8, 4) is 51.0 Å². The first-order valence-corrected chi connectivity index (χ1v) is 18.0. The molecule has 0 fully saturated rings. The Bertz CT molecular complexity index is 3010. The summed E-state index contributed by atoms with van der Waals surface area (Å²) in [6, 6.07) is 55.2. The zero-order valence-electron chi connectivity index (χ0n) is 29.2. The molecule has 7 aromatic carbocycles. The van der Waals surface area contributed by atoms with Crippen LogP contribution in [0.1, 0.15) is 25.0 Å². The maximum Gasteiger partial charge on any atom is 0.164 e. The summed E-state index contributed by atoms with van der Waals surface area (Å²) in [7, 11) is 0. The van der Waals surface area contributed by atoms with Crippen molar-refractivity contribution in [1.29, 1.82) is 0 Å². The summed E-state index contributed by atoms with van der Waals surface area (Å²) in [5.74, 6) is 1.95. The van der Waals surface area contributed by atoms with E-state index in [1.165, 1.54) is 49.4 Å². The van der Waals surface area contributed by atoms with Crippen LogP contribution >= 0.6 is 0 Å². The quantitative estimate of drug-likeness (QED) is 0.186. The van der Waals surface area contributed by atoms with Crippen LogP contribution in [0.5, 0.6) is 0 Å². The number of aromatic nitrogens is 4. The van der Waals surface area contributed by atoms with Crippen LogP contribution in [-0.4, -0.2) is 19.5 Å². The Hall–Kier alpha value is -6.85. The molecule has 53 heavy (non-hydrogen) atoms. The second-order valence-electron chi connectivity index (χ2n) is 14.4. The van der Waals surface area contributed by atoms with Crippen molar-refractivity contribution in [1.82, 2.24) is 19.5 Å². The minimum Gasteiger partial charge on any atom is -0.456 e. The van der Waals surface area contributed by atoms with Gasteiger partial charge in [-0.25, -0.2) is 15.0 Å². The molecule has 0 amide bonds. The third kappa shape index (κ3) is 4.40. The molecule has 0 atom stereocenters. The van der Waals surface area contributed by atoms with Gasteiger partial charge in [0.25, 0.3) is 0 Å². The maximum absolute atomic E-state index is 6.36. The fourth-order valence-electron chi connectivity index (χ4n) is 8.56. The Kier molecular flexibility index (Phi) is 6.23. The molecule has 0 spiro atoms. The highest BCUT2D eigenvalue weighted by atomic mass is 16.3. The average Bonchev–Trinajstić information content (AvgIpc) is 3.82. The zero-order chi connectivity index (χ0) is 35.3. The number of nitrogens with zero attached hydrogens (tertiary/aromatic N) is 4. The van der Waals surface area contributed by atoms with E-state index in [1.54, 1.807) is 0 Å². The molecule has 3 heterocycles. The van der Waals surface area contributed by atoms with Crippen molar-refractivity contribution in [3.63, 3.8) is 0 Å². The van der Waals surface area contributed by atoms with E-state index in [0.29, 0.717) is 17.5 Å². The van der Waals surface area contributed by atoms with E-state index < -0.39 is 0 Å². The van der Waals surface area contributed by atoms with Crippen LogP contribution in [0.4, 0.5) is 0 Å². The van der Waals surface area contributed by atoms with E-state index in [0.717, 1.165) is 38.9 Å². The van der Waals surface area contributed by atoms with Gasteiger partial charge in [-0.1, -0.05) is 117 Å². The van der Waals surface area contributed by atoms with Gasteiger partial charge in [-0.05, 0) is 76.9 Å². The third-order valence-corrected chi connectivity index (χ3v) is 11.0. The van der Waals surface area contributed by atoms with Gasteiger partial charge >= 0.3 is 0 Å². The number of fused-ring (bicyclic) bond motifs is 10. The Balaban J connectivity index is 1.07. The van der Waals surface area contributed by atoms with Gasteiger partial charge in [0.05, 0.1) is 11.0 Å². The third-order valence-electron chi connectivity index (χ3n) is 11.0. The highest BCUT2D eigenvalue weighted by molar-refractivity contribution is 6.15. The van der Waals surface area contributed by atoms with Crippen molar-refractivity contribution < 1.29 is 4.42 Å². The molecule has 0 bridgehead atoms. The average molecular weight is 681 g/mol. The Morgan fingerprint density at radius 3 is 1.74 bits per heavy atom. The lowest BCUT2D eigenvalue weighted by Gasteiger charge is -2.23. The van der Waals surface area contributed by atoms with Crippen molar-refractivity contribution in [2.75, 3.05) is 0 Å². The summed E-state index contributed by atoms with van der Waals surface area (Å²) < 4.78 is 8.76. The number of para-hydroxylation sites is 2. The predicted octanol–water partition coefficient (Wildman–Crippen LogP) is 12.2. The number of rotatable bonds is 4. The second kappa shape index (κ2) is 11.1. The molecule has 0 saturated heterocycles. The summed E-state index contributed by atoms with van der Waals surface area (Å²) in [5, 5.41) is 4.87. The zero-order valence-corrected chi connectivity index (χ0v) is 29.2. The molecule has 0 N–H and O–H groups in total. The van der Waals surface area contributed by atoms with E-state index in [1.807, 2.05) is 66.7 Å². The van der Waals surface area contributed by atoms with Gasteiger partial charge in [0.2, 0.25) is 0 Å². The van der Waals surface area contributed by atoms with Gasteiger partial charge in [-0.2, -0.15) is 0 Å². The van der Waals surface area contributed by atoms with Gasteiger partial charge in [0, 0.05) is 49.3 Å². The summed E-state index contributed by atoms with van der Waals surface area (Å²) in [6.07, 6.45) is 0. The van der Waals surface area contributed by atoms with E-state index in [9.17, 15) is 0 Å². The van der Waals surface area contributed by atoms with E-state index in [4.69, 9.17) is 19.4 Å². The molecule has 0 saturated carbocycles. The largest absolute Gasteiger partial charge is 0.456 e. The SMILES string of the molecule is CC1(C)c2cc3c(cc2-c2ccc4c(c21)c1ccccc1n4-c1ccc(-c2nc(-c4ccccc4)nc(-c4ccccc4)n2)cc1)oc1ccccc13. The molecular formula is C48H32N4O. The summed E-state index contributed by atoms with van der Waals surface area (Å²) in [4.78, 5) is 14.8. The fraction of sp³-hybridized carbons (Fsp3) is 0.0625. The number of benzene rings is 7. The molecule has 10 aromatic rings. The van der Waals surface area contributed by atoms with Gasteiger partial charge in [0.1, 0.15) is 11.2 Å². The first-order chi connectivity index (χ1) is 26.0. The second-order valence-corrected chi connectivity index (χ2v) is 14.4. The lowest BCUT2D eigenvalue weighted by atomic mass is 9.80. The maximum atomic E-state index is 6.36. The summed E-state index contributed by atoms with van der Waals surface area (Å²) in [6.45, 7) is 4.74. The van der Waals surface area contributed by atoms with E-state index >= 15 is 0 Å². The van der Waals surface area contributed by atoms with Crippen molar-refractivity contribution in [2.24, 2.45) is 0 Å². The molecule has 11 rings (SSSR count). The summed E-state index contributed by atoms with van der Waals surface area (Å²) >= 11 is 0. The Morgan fingerprint density at radius 1 is 0.472 bits per heavy atom. The molecular weight excluding hydrogens is 649 g/mol. The van der Waals surface area contributed by atoms with Crippen molar-refractivity contribution >= 4 is 43.7 Å². The first kappa shape index (κ1) is 29.8. The normalized spacial score (nSPS) is 13.2. The van der Waals surface area contributed by atoms with E-state index in [-0.39, 0.29) is 5.41 Å². The summed E-state index contributed by atoms with van der Waals surface area (Å²) in [5.41, 5.74) is 13.1. The smallest absolute Gasteiger partial charge is 0.164 e. The van der Waals surface area contributed by atoms with Crippen LogP contribution in [0.3, 0.4) is 0 Å². The van der Waals surface area contributed by atoms with Crippen molar-refractivity contribution in [3.05, 3.63) is 169 Å². The van der Waals surface area contributed by atoms with Crippen LogP contribution in [0, 0.1) is 0 Å². The number of hydrogen-bond acceptors (Lipinski definition) is 4. The Labute approximate surface area is 305 Å². The van der Waals surface area contributed by atoms with Crippen LogP contribution in [0.2, 0.25) is 0 Å². The van der Waals surface area contributed by atoms with Crippen molar-refractivity contribution in [2.45, 2.75) is 19.3 Å². The molecule has 5 heteroatoms. The fourth-order valence-corrected chi connectivity index (χ4v) is 8.56. The molecule has 1 aliphatic rings.